The van der Waals surface area contributed by atoms with Gasteiger partial charge in [-0.25, -0.2) is 9.78 Å². The normalized spacial score (nSPS) is 10.6. The van der Waals surface area contributed by atoms with Gasteiger partial charge in [0.2, 0.25) is 0 Å². The topological polar surface area (TPSA) is 72.5 Å². The Labute approximate surface area is 168 Å². The Morgan fingerprint density at radius 2 is 1.79 bits per heavy atom. The van der Waals surface area contributed by atoms with Crippen LogP contribution in [0.2, 0.25) is 0 Å². The van der Waals surface area contributed by atoms with Gasteiger partial charge in [0, 0.05) is 17.0 Å². The van der Waals surface area contributed by atoms with E-state index in [4.69, 9.17) is 9.47 Å². The van der Waals surface area contributed by atoms with Crippen LogP contribution in [0.3, 0.4) is 0 Å². The Morgan fingerprint density at radius 3 is 2.43 bits per heavy atom. The van der Waals surface area contributed by atoms with Crippen molar-refractivity contribution in [2.75, 3.05) is 24.9 Å². The van der Waals surface area contributed by atoms with Crippen molar-refractivity contribution in [3.63, 3.8) is 0 Å². The van der Waals surface area contributed by atoms with Crippen LogP contribution in [0.4, 0.5) is 15.6 Å². The largest absolute Gasteiger partial charge is 0.497 e. The minimum Gasteiger partial charge on any atom is -0.497 e. The lowest BCUT2D eigenvalue weighted by Crippen LogP contribution is -2.19. The molecule has 3 rings (SSSR count). The predicted octanol–water partition coefficient (Wildman–Crippen LogP) is 5.59. The summed E-state index contributed by atoms with van der Waals surface area (Å²) in [5, 5.41) is 7.97. The first-order valence-electron chi connectivity index (χ1n) is 8.86. The van der Waals surface area contributed by atoms with Crippen LogP contribution in [-0.2, 0) is 0 Å². The molecule has 0 saturated carbocycles. The van der Waals surface area contributed by atoms with Gasteiger partial charge in [0.05, 0.1) is 25.6 Å². The molecule has 2 N–H and O–H groups in total. The Bertz CT molecular complexity index is 952. The summed E-state index contributed by atoms with van der Waals surface area (Å²) in [6.45, 7) is 4.33. The average molecular weight is 398 g/mol. The van der Waals surface area contributed by atoms with Gasteiger partial charge in [0.1, 0.15) is 11.5 Å². The van der Waals surface area contributed by atoms with E-state index < -0.39 is 0 Å². The minimum absolute atomic E-state index is 0.389. The molecule has 1 aromatic heterocycles. The number of rotatable bonds is 6. The molecule has 2 amide bonds. The van der Waals surface area contributed by atoms with Crippen LogP contribution >= 0.6 is 11.3 Å². The van der Waals surface area contributed by atoms with Crippen molar-refractivity contribution in [3.05, 3.63) is 53.4 Å². The fourth-order valence-electron chi connectivity index (χ4n) is 2.65. The van der Waals surface area contributed by atoms with Gasteiger partial charge in [-0.05, 0) is 23.6 Å². The molecular weight excluding hydrogens is 374 g/mol. The maximum absolute atomic E-state index is 12.3. The van der Waals surface area contributed by atoms with Gasteiger partial charge in [0.15, 0.2) is 5.13 Å². The Hall–Kier alpha value is -3.06. The highest BCUT2D eigenvalue weighted by Gasteiger charge is 2.12. The number of amides is 2. The maximum atomic E-state index is 12.3. The molecule has 0 saturated heterocycles. The summed E-state index contributed by atoms with van der Waals surface area (Å²) in [4.78, 5) is 16.8. The summed E-state index contributed by atoms with van der Waals surface area (Å²) < 4.78 is 10.5. The van der Waals surface area contributed by atoms with Crippen LogP contribution < -0.4 is 20.1 Å². The molecule has 0 spiro atoms. The highest BCUT2D eigenvalue weighted by molar-refractivity contribution is 7.14. The first-order valence-corrected chi connectivity index (χ1v) is 9.74. The van der Waals surface area contributed by atoms with Crippen molar-refractivity contribution in [1.82, 2.24) is 4.98 Å². The summed E-state index contributed by atoms with van der Waals surface area (Å²) >= 11 is 1.38. The number of hydrogen-bond donors (Lipinski definition) is 2. The van der Waals surface area contributed by atoms with Gasteiger partial charge in [-0.3, -0.25) is 5.32 Å². The number of carbonyl (C=O) groups is 1. The molecule has 7 heteroatoms. The van der Waals surface area contributed by atoms with Crippen LogP contribution in [0.25, 0.3) is 11.3 Å². The summed E-state index contributed by atoms with van der Waals surface area (Å²) in [7, 11) is 3.11. The van der Waals surface area contributed by atoms with E-state index in [-0.39, 0.29) is 6.03 Å². The van der Waals surface area contributed by atoms with Crippen LogP contribution in [0.15, 0.2) is 47.8 Å². The number of carbonyl (C=O) groups excluding carboxylic acids is 1. The number of anilines is 2. The highest BCUT2D eigenvalue weighted by atomic mass is 32.1. The van der Waals surface area contributed by atoms with Gasteiger partial charge in [-0.15, -0.1) is 11.3 Å². The number of nitrogens with zero attached hydrogens (tertiary/aromatic N) is 1. The smallest absolute Gasteiger partial charge is 0.325 e. The zero-order valence-corrected chi connectivity index (χ0v) is 17.1. The van der Waals surface area contributed by atoms with Gasteiger partial charge in [-0.1, -0.05) is 38.1 Å². The molecule has 2 aromatic carbocycles. The lowest BCUT2D eigenvalue weighted by molar-refractivity contribution is 0.262. The molecule has 0 aliphatic rings. The standard InChI is InChI=1S/C21H23N3O3S/c1-13(2)14-5-7-15(8-6-14)18-12-28-21(23-18)24-20(25)22-17-10-9-16(26-3)11-19(17)27-4/h5-13H,1-4H3,(H2,22,23,24,25). The molecule has 0 fully saturated rings. The van der Waals surface area contributed by atoms with Crippen molar-refractivity contribution < 1.29 is 14.3 Å². The number of methoxy groups -OCH3 is 2. The predicted molar refractivity (Wildman–Crippen MR) is 114 cm³/mol. The van der Waals surface area contributed by atoms with E-state index in [0.29, 0.717) is 28.2 Å². The number of benzene rings is 2. The average Bonchev–Trinajstić information content (AvgIpc) is 3.16. The minimum atomic E-state index is -0.389. The summed E-state index contributed by atoms with van der Waals surface area (Å²) in [5.41, 5.74) is 3.68. The fourth-order valence-corrected chi connectivity index (χ4v) is 3.37. The molecule has 0 atom stereocenters. The van der Waals surface area contributed by atoms with E-state index >= 15 is 0 Å². The number of ether oxygens (including phenoxy) is 2. The first-order chi connectivity index (χ1) is 13.5. The van der Waals surface area contributed by atoms with Gasteiger partial charge < -0.3 is 14.8 Å². The van der Waals surface area contributed by atoms with Crippen LogP contribution in [-0.4, -0.2) is 25.2 Å². The molecule has 0 radical (unpaired) electrons. The lowest BCUT2D eigenvalue weighted by Gasteiger charge is -2.11. The molecule has 6 nitrogen and oxygen atoms in total. The van der Waals surface area contributed by atoms with Crippen molar-refractivity contribution in [2.45, 2.75) is 19.8 Å². The Morgan fingerprint density at radius 1 is 1.04 bits per heavy atom. The summed E-state index contributed by atoms with van der Waals surface area (Å²) in [6.07, 6.45) is 0. The quantitative estimate of drug-likeness (QED) is 0.568. The Balaban J connectivity index is 1.67. The van der Waals surface area contributed by atoms with Crippen molar-refractivity contribution in [1.29, 1.82) is 0 Å². The van der Waals surface area contributed by atoms with Crippen molar-refractivity contribution in [2.24, 2.45) is 0 Å². The van der Waals surface area contributed by atoms with Crippen LogP contribution in [0, 0.1) is 0 Å². The molecule has 0 aliphatic carbocycles. The van der Waals surface area contributed by atoms with E-state index in [9.17, 15) is 4.79 Å². The van der Waals surface area contributed by atoms with Gasteiger partial charge in [0.25, 0.3) is 0 Å². The molecule has 0 bridgehead atoms. The van der Waals surface area contributed by atoms with Gasteiger partial charge >= 0.3 is 6.03 Å². The third-order valence-electron chi connectivity index (χ3n) is 4.25. The zero-order valence-electron chi connectivity index (χ0n) is 16.3. The molecule has 0 unspecified atom stereocenters. The molecular formula is C21H23N3O3S. The van der Waals surface area contributed by atoms with Crippen molar-refractivity contribution >= 4 is 28.2 Å². The summed E-state index contributed by atoms with van der Waals surface area (Å²) in [5.74, 6) is 1.65. The Kier molecular flexibility index (Phi) is 6.16. The number of hydrogen-bond acceptors (Lipinski definition) is 5. The number of thiazole rings is 1. The molecule has 28 heavy (non-hydrogen) atoms. The highest BCUT2D eigenvalue weighted by Crippen LogP contribution is 2.30. The second-order valence-electron chi connectivity index (χ2n) is 6.46. The molecule has 146 valence electrons. The zero-order chi connectivity index (χ0) is 20.1. The fraction of sp³-hybridized carbons (Fsp3) is 0.238. The van der Waals surface area contributed by atoms with Gasteiger partial charge in [-0.2, -0.15) is 0 Å². The lowest BCUT2D eigenvalue weighted by atomic mass is 10.0. The number of nitrogens with one attached hydrogen (secondary N) is 2. The first kappa shape index (κ1) is 19.7. The summed E-state index contributed by atoms with van der Waals surface area (Å²) in [6, 6.07) is 13.1. The monoisotopic (exact) mass is 397 g/mol. The second kappa shape index (κ2) is 8.75. The third-order valence-corrected chi connectivity index (χ3v) is 5.01. The van der Waals surface area contributed by atoms with E-state index in [1.54, 1.807) is 25.3 Å². The third kappa shape index (κ3) is 4.61. The number of urea groups is 1. The molecule has 1 heterocycles. The van der Waals surface area contributed by atoms with E-state index in [2.05, 4.69) is 53.7 Å². The van der Waals surface area contributed by atoms with Crippen molar-refractivity contribution in [3.8, 4) is 22.8 Å². The second-order valence-corrected chi connectivity index (χ2v) is 7.32. The molecule has 3 aromatic rings. The van der Waals surface area contributed by atoms with E-state index in [1.807, 2.05) is 5.38 Å². The van der Waals surface area contributed by atoms with E-state index in [1.165, 1.54) is 24.0 Å². The SMILES string of the molecule is COc1ccc(NC(=O)Nc2nc(-c3ccc(C(C)C)cc3)cs2)c(OC)c1. The maximum Gasteiger partial charge on any atom is 0.325 e. The molecule has 0 aliphatic heterocycles. The van der Waals surface area contributed by atoms with Crippen LogP contribution in [0.1, 0.15) is 25.3 Å². The van der Waals surface area contributed by atoms with Crippen LogP contribution in [0.5, 0.6) is 11.5 Å². The number of aromatic nitrogens is 1. The van der Waals surface area contributed by atoms with E-state index in [0.717, 1.165) is 11.3 Å².